The van der Waals surface area contributed by atoms with Crippen LogP contribution in [0.15, 0.2) is 0 Å². The fourth-order valence-electron chi connectivity index (χ4n) is 2.46. The molecule has 0 bridgehead atoms. The van der Waals surface area contributed by atoms with Gasteiger partial charge in [-0.1, -0.05) is 13.8 Å². The van der Waals surface area contributed by atoms with Crippen molar-refractivity contribution in [3.8, 4) is 0 Å². The lowest BCUT2D eigenvalue weighted by atomic mass is 9.54. The van der Waals surface area contributed by atoms with Crippen molar-refractivity contribution in [1.82, 2.24) is 10.0 Å². The highest BCUT2D eigenvalue weighted by Crippen LogP contribution is 2.49. The van der Waals surface area contributed by atoms with Crippen molar-refractivity contribution in [2.24, 2.45) is 11.1 Å². The highest BCUT2D eigenvalue weighted by atomic mass is 35.5. The number of hydrogen-bond donors (Lipinski definition) is 3. The summed E-state index contributed by atoms with van der Waals surface area (Å²) in [6.07, 6.45) is 0.442. The maximum atomic E-state index is 12.2. The predicted octanol–water partition coefficient (Wildman–Crippen LogP) is -0.00380. The van der Waals surface area contributed by atoms with Crippen molar-refractivity contribution in [2.75, 3.05) is 25.4 Å². The Hall–Kier alpha value is -0.410. The molecule has 1 saturated carbocycles. The largest absolute Gasteiger partial charge is 0.378 e. The number of nitrogens with two attached hydrogens (primary N) is 1. The van der Waals surface area contributed by atoms with Crippen LogP contribution in [0.1, 0.15) is 34.1 Å². The number of carbonyl (C=O) groups excluding carboxylic acids is 1. The summed E-state index contributed by atoms with van der Waals surface area (Å²) in [4.78, 5) is 12.2. The Morgan fingerprint density at radius 3 is 2.36 bits per heavy atom. The summed E-state index contributed by atoms with van der Waals surface area (Å²) in [6.45, 7) is 8.25. The highest BCUT2D eigenvalue weighted by Gasteiger charge is 2.62. The normalized spacial score (nSPS) is 26.7. The molecule has 0 spiro atoms. The predicted molar refractivity (Wildman–Crippen MR) is 88.5 cm³/mol. The van der Waals surface area contributed by atoms with Crippen LogP contribution in [0.5, 0.6) is 0 Å². The van der Waals surface area contributed by atoms with E-state index in [1.165, 1.54) is 0 Å². The zero-order chi connectivity index (χ0) is 16.3. The van der Waals surface area contributed by atoms with Crippen LogP contribution in [0.4, 0.5) is 0 Å². The van der Waals surface area contributed by atoms with E-state index in [1.807, 2.05) is 20.8 Å². The molecule has 1 aliphatic rings. The van der Waals surface area contributed by atoms with E-state index >= 15 is 0 Å². The van der Waals surface area contributed by atoms with E-state index in [-0.39, 0.29) is 43.3 Å². The van der Waals surface area contributed by atoms with Crippen LogP contribution >= 0.6 is 12.4 Å². The Labute approximate surface area is 139 Å². The lowest BCUT2D eigenvalue weighted by molar-refractivity contribution is -0.170. The number of amides is 1. The third-order valence-electron chi connectivity index (χ3n) is 4.35. The van der Waals surface area contributed by atoms with Crippen molar-refractivity contribution < 1.29 is 17.9 Å². The van der Waals surface area contributed by atoms with E-state index in [2.05, 4.69) is 10.0 Å². The van der Waals surface area contributed by atoms with Crippen LogP contribution in [-0.2, 0) is 19.6 Å². The highest BCUT2D eigenvalue weighted by molar-refractivity contribution is 7.89. The lowest BCUT2D eigenvalue weighted by Gasteiger charge is -2.57. The second-order valence-corrected chi connectivity index (χ2v) is 7.99. The van der Waals surface area contributed by atoms with Gasteiger partial charge in [-0.3, -0.25) is 4.79 Å². The molecule has 0 saturated heterocycles. The molecule has 0 heterocycles. The van der Waals surface area contributed by atoms with E-state index in [4.69, 9.17) is 10.5 Å². The third kappa shape index (κ3) is 4.32. The molecule has 132 valence electrons. The number of sulfonamides is 1. The van der Waals surface area contributed by atoms with Crippen LogP contribution in [0.3, 0.4) is 0 Å². The van der Waals surface area contributed by atoms with Gasteiger partial charge in [-0.2, -0.15) is 0 Å². The zero-order valence-corrected chi connectivity index (χ0v) is 15.3. The third-order valence-corrected chi connectivity index (χ3v) is 5.75. The summed E-state index contributed by atoms with van der Waals surface area (Å²) in [5.41, 5.74) is 4.78. The van der Waals surface area contributed by atoms with Gasteiger partial charge in [0.1, 0.15) is 5.54 Å². The average molecular weight is 358 g/mol. The summed E-state index contributed by atoms with van der Waals surface area (Å²) >= 11 is 0. The van der Waals surface area contributed by atoms with Gasteiger partial charge in [-0.25, -0.2) is 13.1 Å². The molecule has 0 radical (unpaired) electrons. The first-order valence-electron chi connectivity index (χ1n) is 7.27. The van der Waals surface area contributed by atoms with Gasteiger partial charge in [0.2, 0.25) is 15.9 Å². The minimum Gasteiger partial charge on any atom is -0.378 e. The Bertz CT molecular complexity index is 484. The number of hydrogen-bond acceptors (Lipinski definition) is 5. The fourth-order valence-corrected chi connectivity index (χ4v) is 3.08. The fraction of sp³-hybridized carbons (Fsp3) is 0.923. The summed E-state index contributed by atoms with van der Waals surface area (Å²) in [6, 6.07) is 0. The van der Waals surface area contributed by atoms with Crippen LogP contribution in [-0.4, -0.2) is 51.4 Å². The molecule has 22 heavy (non-hydrogen) atoms. The first kappa shape index (κ1) is 21.6. The van der Waals surface area contributed by atoms with Crippen LogP contribution in [0.2, 0.25) is 0 Å². The first-order chi connectivity index (χ1) is 9.60. The average Bonchev–Trinajstić information content (AvgIpc) is 2.42. The molecule has 0 aromatic rings. The number of rotatable bonds is 8. The van der Waals surface area contributed by atoms with E-state index < -0.39 is 21.0 Å². The van der Waals surface area contributed by atoms with Gasteiger partial charge >= 0.3 is 0 Å². The van der Waals surface area contributed by atoms with Crippen molar-refractivity contribution in [1.29, 1.82) is 0 Å². The molecule has 2 atom stereocenters. The van der Waals surface area contributed by atoms with Crippen LogP contribution in [0, 0.1) is 5.41 Å². The Morgan fingerprint density at radius 1 is 1.32 bits per heavy atom. The maximum absolute atomic E-state index is 12.2. The maximum Gasteiger partial charge on any atom is 0.240 e. The number of carbonyl (C=O) groups is 1. The van der Waals surface area contributed by atoms with E-state index in [0.29, 0.717) is 13.0 Å². The van der Waals surface area contributed by atoms with Crippen LogP contribution in [0.25, 0.3) is 0 Å². The summed E-state index contributed by atoms with van der Waals surface area (Å²) in [5, 5.41) is 2.69. The molecule has 0 aliphatic heterocycles. The smallest absolute Gasteiger partial charge is 0.240 e. The number of nitrogens with one attached hydrogen (secondary N) is 2. The summed E-state index contributed by atoms with van der Waals surface area (Å²) in [5.74, 6) is -0.246. The van der Waals surface area contributed by atoms with Gasteiger partial charge in [0, 0.05) is 31.5 Å². The summed E-state index contributed by atoms with van der Waals surface area (Å²) < 4.78 is 30.5. The Balaban J connectivity index is 0.00000441. The van der Waals surface area contributed by atoms with Gasteiger partial charge in [0.25, 0.3) is 0 Å². The SMILES string of the molecule is CCOC1CC(N)(C(=O)NCCNS(=O)(=O)CC)C1(C)C.Cl. The molecule has 0 aromatic heterocycles. The van der Waals surface area contributed by atoms with Crippen molar-refractivity contribution >= 4 is 28.3 Å². The van der Waals surface area contributed by atoms with Gasteiger partial charge in [0.05, 0.1) is 11.9 Å². The lowest BCUT2D eigenvalue weighted by Crippen LogP contribution is -2.75. The molecule has 7 nitrogen and oxygen atoms in total. The molecule has 1 rings (SSSR count). The van der Waals surface area contributed by atoms with Gasteiger partial charge in [-0.05, 0) is 13.8 Å². The summed E-state index contributed by atoms with van der Waals surface area (Å²) in [7, 11) is -3.24. The Kier molecular flexibility index (Phi) is 7.77. The van der Waals surface area contributed by atoms with E-state index in [0.717, 1.165) is 0 Å². The first-order valence-corrected chi connectivity index (χ1v) is 8.92. The number of halogens is 1. The van der Waals surface area contributed by atoms with E-state index in [1.54, 1.807) is 6.92 Å². The van der Waals surface area contributed by atoms with E-state index in [9.17, 15) is 13.2 Å². The molecular formula is C13H28ClN3O4S. The quantitative estimate of drug-likeness (QED) is 0.529. The molecular weight excluding hydrogens is 330 g/mol. The Morgan fingerprint density at radius 2 is 1.91 bits per heavy atom. The standard InChI is InChI=1S/C13H27N3O4S.ClH/c1-5-20-10-9-13(14,12(10,3)4)11(17)15-7-8-16-21(18,19)6-2;/h10,16H,5-9,14H2,1-4H3,(H,15,17);1H. The minimum absolute atomic E-state index is 0. The molecule has 1 fully saturated rings. The van der Waals surface area contributed by atoms with Crippen molar-refractivity contribution in [2.45, 2.75) is 45.8 Å². The monoisotopic (exact) mass is 357 g/mol. The van der Waals surface area contributed by atoms with Gasteiger partial charge < -0.3 is 15.8 Å². The molecule has 1 aliphatic carbocycles. The van der Waals surface area contributed by atoms with Gasteiger partial charge in [-0.15, -0.1) is 12.4 Å². The molecule has 4 N–H and O–H groups in total. The second kappa shape index (κ2) is 7.92. The van der Waals surface area contributed by atoms with Gasteiger partial charge in [0.15, 0.2) is 0 Å². The molecule has 1 amide bonds. The zero-order valence-electron chi connectivity index (χ0n) is 13.6. The van der Waals surface area contributed by atoms with Crippen molar-refractivity contribution in [3.05, 3.63) is 0 Å². The number of ether oxygens (including phenoxy) is 1. The van der Waals surface area contributed by atoms with Crippen LogP contribution < -0.4 is 15.8 Å². The topological polar surface area (TPSA) is 111 Å². The minimum atomic E-state index is -3.24. The molecule has 0 aromatic carbocycles. The molecule has 2 unspecified atom stereocenters. The second-order valence-electron chi connectivity index (χ2n) is 5.89. The van der Waals surface area contributed by atoms with Crippen molar-refractivity contribution in [3.63, 3.8) is 0 Å². The molecule has 9 heteroatoms.